The van der Waals surface area contributed by atoms with Gasteiger partial charge in [0.25, 0.3) is 11.8 Å². The Balaban J connectivity index is 1.54. The first-order valence-electron chi connectivity index (χ1n) is 11.1. The summed E-state index contributed by atoms with van der Waals surface area (Å²) in [5.41, 5.74) is 4.41. The second-order valence-corrected chi connectivity index (χ2v) is 9.17. The summed E-state index contributed by atoms with van der Waals surface area (Å²) < 4.78 is 19.8. The van der Waals surface area contributed by atoms with Gasteiger partial charge in [0.05, 0.1) is 24.3 Å². The number of hydrogen-bond acceptors (Lipinski definition) is 5. The number of hydrogen-bond donors (Lipinski definition) is 1. The van der Waals surface area contributed by atoms with E-state index >= 15 is 0 Å². The fourth-order valence-electron chi connectivity index (χ4n) is 4.60. The zero-order valence-electron chi connectivity index (χ0n) is 18.7. The lowest BCUT2D eigenvalue weighted by Gasteiger charge is -2.25. The first kappa shape index (κ1) is 23.2. The van der Waals surface area contributed by atoms with Crippen LogP contribution in [0.15, 0.2) is 77.3 Å². The zero-order valence-corrected chi connectivity index (χ0v) is 20.2. The summed E-state index contributed by atoms with van der Waals surface area (Å²) in [5.74, 6) is -2.07. The summed E-state index contributed by atoms with van der Waals surface area (Å²) >= 11 is 3.36. The van der Waals surface area contributed by atoms with Crippen molar-refractivity contribution >= 4 is 39.3 Å². The van der Waals surface area contributed by atoms with Gasteiger partial charge in [-0.3, -0.25) is 19.4 Å². The number of imide groups is 1. The van der Waals surface area contributed by atoms with Crippen LogP contribution in [0.1, 0.15) is 28.9 Å². The van der Waals surface area contributed by atoms with Crippen molar-refractivity contribution in [3.05, 3.63) is 94.2 Å². The average Bonchev–Trinajstić information content (AvgIpc) is 3.37. The SMILES string of the molecule is CCOc1ccc(N2C(=O)[C@H]3[C@@H](C2=O)N(C(=O)c2cccc(Br)c2)N[C@H]3c2ccc(F)cc2)cc1. The maximum absolute atomic E-state index is 13.6. The number of fused-ring (bicyclic) bond motifs is 1. The van der Waals surface area contributed by atoms with Crippen LogP contribution in [0.25, 0.3) is 0 Å². The number of anilines is 1. The standard InChI is InChI=1S/C26H21BrFN3O4/c1-2-35-20-12-10-19(11-13-20)30-25(33)21-22(15-6-8-18(28)9-7-15)29-31(23(21)26(30)34)24(32)16-4-3-5-17(27)14-16/h3-14,21-23,29H,2H2,1H3/t21-,22+,23+/m1/s1. The van der Waals surface area contributed by atoms with Crippen LogP contribution < -0.4 is 15.1 Å². The summed E-state index contributed by atoms with van der Waals surface area (Å²) in [6, 6.07) is 17.4. The Bertz CT molecular complexity index is 1300. The van der Waals surface area contributed by atoms with E-state index in [9.17, 15) is 18.8 Å². The van der Waals surface area contributed by atoms with Crippen molar-refractivity contribution in [2.75, 3.05) is 11.5 Å². The molecule has 0 aromatic heterocycles. The van der Waals surface area contributed by atoms with Gasteiger partial charge in [-0.25, -0.2) is 14.7 Å². The first-order valence-corrected chi connectivity index (χ1v) is 11.9. The molecule has 3 atom stereocenters. The molecule has 0 spiro atoms. The van der Waals surface area contributed by atoms with Crippen LogP contribution in [-0.2, 0) is 9.59 Å². The Morgan fingerprint density at radius 3 is 2.40 bits per heavy atom. The van der Waals surface area contributed by atoms with E-state index in [0.717, 1.165) is 4.90 Å². The second-order valence-electron chi connectivity index (χ2n) is 8.25. The molecule has 0 aliphatic carbocycles. The predicted octanol–water partition coefficient (Wildman–Crippen LogP) is 4.25. The van der Waals surface area contributed by atoms with Crippen molar-refractivity contribution in [2.24, 2.45) is 5.92 Å². The number of rotatable bonds is 5. The lowest BCUT2D eigenvalue weighted by atomic mass is 9.91. The van der Waals surface area contributed by atoms with E-state index in [-0.39, 0.29) is 0 Å². The zero-order chi connectivity index (χ0) is 24.7. The normalized spacial score (nSPS) is 21.4. The van der Waals surface area contributed by atoms with Crippen LogP contribution >= 0.6 is 15.9 Å². The molecule has 2 heterocycles. The average molecular weight is 538 g/mol. The van der Waals surface area contributed by atoms with Crippen LogP contribution in [0.2, 0.25) is 0 Å². The lowest BCUT2D eigenvalue weighted by Crippen LogP contribution is -2.48. The molecule has 1 N–H and O–H groups in total. The van der Waals surface area contributed by atoms with Crippen molar-refractivity contribution in [1.29, 1.82) is 0 Å². The van der Waals surface area contributed by atoms with Crippen LogP contribution in [-0.4, -0.2) is 35.4 Å². The van der Waals surface area contributed by atoms with Gasteiger partial charge < -0.3 is 4.74 Å². The monoisotopic (exact) mass is 537 g/mol. The van der Waals surface area contributed by atoms with Crippen molar-refractivity contribution < 1.29 is 23.5 Å². The van der Waals surface area contributed by atoms with Crippen molar-refractivity contribution in [1.82, 2.24) is 10.4 Å². The Kier molecular flexibility index (Phi) is 6.12. The molecule has 3 aromatic rings. The van der Waals surface area contributed by atoms with Gasteiger partial charge in [0, 0.05) is 10.0 Å². The summed E-state index contributed by atoms with van der Waals surface area (Å²) in [6.07, 6.45) is 0. The molecular weight excluding hydrogens is 517 g/mol. The van der Waals surface area contributed by atoms with Crippen molar-refractivity contribution in [2.45, 2.75) is 19.0 Å². The molecule has 2 aliphatic heterocycles. The van der Waals surface area contributed by atoms with Crippen LogP contribution in [0.3, 0.4) is 0 Å². The highest BCUT2D eigenvalue weighted by Gasteiger charge is 2.60. The molecule has 2 aliphatic rings. The lowest BCUT2D eigenvalue weighted by molar-refractivity contribution is -0.123. The van der Waals surface area contributed by atoms with E-state index in [1.165, 1.54) is 17.1 Å². The highest BCUT2D eigenvalue weighted by atomic mass is 79.9. The van der Waals surface area contributed by atoms with E-state index in [2.05, 4.69) is 21.4 Å². The summed E-state index contributed by atoms with van der Waals surface area (Å²) in [7, 11) is 0. The smallest absolute Gasteiger partial charge is 0.268 e. The highest BCUT2D eigenvalue weighted by Crippen LogP contribution is 2.42. The molecule has 178 valence electrons. The fraction of sp³-hybridized carbons (Fsp3) is 0.192. The number of carbonyl (C=O) groups is 3. The number of halogens is 2. The molecule has 0 radical (unpaired) electrons. The van der Waals surface area contributed by atoms with Gasteiger partial charge in [0.2, 0.25) is 5.91 Å². The molecule has 0 saturated carbocycles. The molecule has 3 amide bonds. The molecule has 0 unspecified atom stereocenters. The molecule has 7 nitrogen and oxygen atoms in total. The maximum atomic E-state index is 13.6. The van der Waals surface area contributed by atoms with Gasteiger partial charge in [-0.1, -0.05) is 34.1 Å². The minimum Gasteiger partial charge on any atom is -0.494 e. The van der Waals surface area contributed by atoms with Gasteiger partial charge in [-0.05, 0) is 67.1 Å². The van der Waals surface area contributed by atoms with Gasteiger partial charge in [0.15, 0.2) is 0 Å². The number of ether oxygens (including phenoxy) is 1. The number of nitrogens with zero attached hydrogens (tertiary/aromatic N) is 2. The number of amides is 3. The highest BCUT2D eigenvalue weighted by molar-refractivity contribution is 9.10. The third-order valence-corrected chi connectivity index (χ3v) is 6.65. The van der Waals surface area contributed by atoms with Gasteiger partial charge >= 0.3 is 0 Å². The van der Waals surface area contributed by atoms with Crippen LogP contribution in [0, 0.1) is 11.7 Å². The van der Waals surface area contributed by atoms with Crippen molar-refractivity contribution in [3.63, 3.8) is 0 Å². The predicted molar refractivity (Wildman–Crippen MR) is 130 cm³/mol. The fourth-order valence-corrected chi connectivity index (χ4v) is 4.99. The third kappa shape index (κ3) is 4.11. The number of benzene rings is 3. The van der Waals surface area contributed by atoms with E-state index in [1.54, 1.807) is 60.7 Å². The van der Waals surface area contributed by atoms with E-state index < -0.39 is 41.5 Å². The summed E-state index contributed by atoms with van der Waals surface area (Å²) in [5, 5.41) is 1.23. The Hall–Kier alpha value is -3.56. The Morgan fingerprint density at radius 1 is 1.03 bits per heavy atom. The van der Waals surface area contributed by atoms with Gasteiger partial charge in [-0.15, -0.1) is 0 Å². The van der Waals surface area contributed by atoms with Gasteiger partial charge in [0.1, 0.15) is 17.6 Å². The molecule has 9 heteroatoms. The third-order valence-electron chi connectivity index (χ3n) is 6.16. The largest absolute Gasteiger partial charge is 0.494 e. The van der Waals surface area contributed by atoms with Crippen LogP contribution in [0.4, 0.5) is 10.1 Å². The molecular formula is C26H21BrFN3O4. The molecule has 5 rings (SSSR count). The first-order chi connectivity index (χ1) is 16.9. The Morgan fingerprint density at radius 2 is 1.74 bits per heavy atom. The number of nitrogens with one attached hydrogen (secondary N) is 1. The van der Waals surface area contributed by atoms with Crippen LogP contribution in [0.5, 0.6) is 5.75 Å². The maximum Gasteiger partial charge on any atom is 0.268 e. The van der Waals surface area contributed by atoms with Gasteiger partial charge in [-0.2, -0.15) is 0 Å². The molecule has 2 saturated heterocycles. The van der Waals surface area contributed by atoms with Crippen molar-refractivity contribution in [3.8, 4) is 5.75 Å². The molecule has 0 bridgehead atoms. The van der Waals surface area contributed by atoms with E-state index in [0.29, 0.717) is 33.6 Å². The Labute approximate surface area is 209 Å². The molecule has 2 fully saturated rings. The molecule has 3 aromatic carbocycles. The summed E-state index contributed by atoms with van der Waals surface area (Å²) in [6.45, 7) is 2.35. The number of carbonyl (C=O) groups excluding carboxylic acids is 3. The van der Waals surface area contributed by atoms with E-state index in [4.69, 9.17) is 4.74 Å². The van der Waals surface area contributed by atoms with E-state index in [1.807, 2.05) is 6.92 Å². The summed E-state index contributed by atoms with van der Waals surface area (Å²) in [4.78, 5) is 41.8. The minimum absolute atomic E-state index is 0.352. The second kappa shape index (κ2) is 9.24. The quantitative estimate of drug-likeness (QED) is 0.492. The number of hydrazine groups is 1. The topological polar surface area (TPSA) is 79.0 Å². The molecule has 35 heavy (non-hydrogen) atoms. The minimum atomic E-state index is -1.06.